The maximum absolute atomic E-state index is 11.0. The number of nitrogens with one attached hydrogen (secondary N) is 2. The molecule has 0 aliphatic carbocycles. The molecule has 1 rings (SSSR count). The Morgan fingerprint density at radius 1 is 0.931 bits per heavy atom. The Labute approximate surface area is 179 Å². The van der Waals surface area contributed by atoms with E-state index in [0.29, 0.717) is 13.1 Å². The Morgan fingerprint density at radius 3 is 1.76 bits per heavy atom. The van der Waals surface area contributed by atoms with Crippen LogP contribution in [0, 0.1) is 15.7 Å². The molecule has 2 unspecified atom stereocenters. The molecular formula is C21H33N5O2S. The monoisotopic (exact) mass is 419 g/mol. The quantitative estimate of drug-likeness (QED) is 0.276. The molecule has 160 valence electrons. The largest absolute Gasteiger partial charge is 0.309 e. The van der Waals surface area contributed by atoms with Crippen LogP contribution in [0.5, 0.6) is 0 Å². The number of rotatable bonds is 13. The van der Waals surface area contributed by atoms with E-state index in [1.165, 1.54) is 5.56 Å². The summed E-state index contributed by atoms with van der Waals surface area (Å²) in [4.78, 5) is 25.9. The van der Waals surface area contributed by atoms with Crippen LogP contribution in [0.15, 0.2) is 39.6 Å². The molecule has 0 aliphatic heterocycles. The summed E-state index contributed by atoms with van der Waals surface area (Å²) in [5.74, 6) is 0.228. The van der Waals surface area contributed by atoms with Crippen molar-refractivity contribution in [1.29, 1.82) is 0 Å². The van der Waals surface area contributed by atoms with Crippen LogP contribution >= 0.6 is 12.2 Å². The Morgan fingerprint density at radius 2 is 1.38 bits per heavy atom. The van der Waals surface area contributed by atoms with Gasteiger partial charge in [0.15, 0.2) is 0 Å². The number of aliphatic imine (C=N–C) groups is 1. The lowest BCUT2D eigenvalue weighted by Gasteiger charge is -2.34. The molecule has 0 fully saturated rings. The fourth-order valence-electron chi connectivity index (χ4n) is 2.68. The standard InChI is InChI=1S/C21H33N5O2S/c1-15(25-27)20(3,4)23-12-18(13-24-21(5,6)16(2)26-28)11-17-7-9-19(10-8-17)22-14-29/h7-10,15-16,18,23-24H,11-13H2,1-6H3. The summed E-state index contributed by atoms with van der Waals surface area (Å²) in [6.45, 7) is 12.9. The van der Waals surface area contributed by atoms with Crippen LogP contribution in [0.25, 0.3) is 0 Å². The summed E-state index contributed by atoms with van der Waals surface area (Å²) in [5.41, 5.74) is 1.12. The molecule has 1 aromatic carbocycles. The van der Waals surface area contributed by atoms with Crippen molar-refractivity contribution in [2.75, 3.05) is 13.1 Å². The molecule has 0 spiro atoms. The molecule has 0 saturated heterocycles. The van der Waals surface area contributed by atoms with E-state index in [0.717, 1.165) is 12.1 Å². The third-order valence-corrected chi connectivity index (χ3v) is 5.82. The van der Waals surface area contributed by atoms with E-state index in [4.69, 9.17) is 0 Å². The van der Waals surface area contributed by atoms with Crippen molar-refractivity contribution < 1.29 is 0 Å². The minimum atomic E-state index is -0.412. The van der Waals surface area contributed by atoms with E-state index in [2.05, 4.69) is 43.4 Å². The highest BCUT2D eigenvalue weighted by molar-refractivity contribution is 7.78. The third kappa shape index (κ3) is 8.19. The lowest BCUT2D eigenvalue weighted by molar-refractivity contribution is 0.271. The lowest BCUT2D eigenvalue weighted by atomic mass is 9.92. The van der Waals surface area contributed by atoms with E-state index in [-0.39, 0.29) is 18.0 Å². The second-order valence-electron chi connectivity index (χ2n) is 8.71. The summed E-state index contributed by atoms with van der Waals surface area (Å²) in [7, 11) is 0. The van der Waals surface area contributed by atoms with Gasteiger partial charge in [0.1, 0.15) is 12.1 Å². The minimum absolute atomic E-state index is 0.228. The molecule has 0 amide bonds. The summed E-state index contributed by atoms with van der Waals surface area (Å²) in [6, 6.07) is 7.19. The van der Waals surface area contributed by atoms with Gasteiger partial charge < -0.3 is 10.6 Å². The van der Waals surface area contributed by atoms with Gasteiger partial charge in [0.05, 0.1) is 10.8 Å². The van der Waals surface area contributed by atoms with Crippen LogP contribution in [0.2, 0.25) is 0 Å². The van der Waals surface area contributed by atoms with E-state index in [1.807, 2.05) is 65.8 Å². The van der Waals surface area contributed by atoms with Crippen LogP contribution in [-0.4, -0.2) is 41.4 Å². The Bertz CT molecular complexity index is 684. The minimum Gasteiger partial charge on any atom is -0.309 e. The maximum atomic E-state index is 11.0. The van der Waals surface area contributed by atoms with Crippen molar-refractivity contribution in [3.63, 3.8) is 0 Å². The van der Waals surface area contributed by atoms with Gasteiger partial charge in [0.2, 0.25) is 0 Å². The second kappa shape index (κ2) is 11.4. The Balaban J connectivity index is 2.90. The summed E-state index contributed by atoms with van der Waals surface area (Å²) in [5, 5.41) is 15.7. The van der Waals surface area contributed by atoms with Crippen LogP contribution in [0.3, 0.4) is 0 Å². The number of benzene rings is 1. The average molecular weight is 420 g/mol. The SMILES string of the molecule is CC(N=O)C(C)(C)NCC(CNC(C)(C)C(C)N=O)Cc1ccc(N=C=S)cc1. The molecule has 7 nitrogen and oxygen atoms in total. The first-order valence-electron chi connectivity index (χ1n) is 9.87. The normalized spacial score (nSPS) is 15.1. The zero-order chi connectivity index (χ0) is 22.1. The average Bonchev–Trinajstić information content (AvgIpc) is 2.70. The lowest BCUT2D eigenvalue weighted by Crippen LogP contribution is -2.53. The number of nitroso groups, excluding NO2 is 2. The van der Waals surface area contributed by atoms with Gasteiger partial charge in [-0.05, 0) is 83.8 Å². The van der Waals surface area contributed by atoms with Gasteiger partial charge in [-0.3, -0.25) is 0 Å². The predicted octanol–water partition coefficient (Wildman–Crippen LogP) is 4.63. The molecule has 0 bridgehead atoms. The molecule has 0 radical (unpaired) electrons. The van der Waals surface area contributed by atoms with Gasteiger partial charge in [0.25, 0.3) is 0 Å². The number of nitrogens with zero attached hydrogens (tertiary/aromatic N) is 3. The van der Waals surface area contributed by atoms with E-state index < -0.39 is 11.1 Å². The van der Waals surface area contributed by atoms with Gasteiger partial charge in [-0.2, -0.15) is 14.8 Å². The predicted molar refractivity (Wildman–Crippen MR) is 123 cm³/mol. The van der Waals surface area contributed by atoms with Gasteiger partial charge in [-0.15, -0.1) is 0 Å². The first kappa shape index (κ1) is 25.2. The fourth-order valence-corrected chi connectivity index (χ4v) is 2.79. The number of hydrogen-bond donors (Lipinski definition) is 2. The highest BCUT2D eigenvalue weighted by Crippen LogP contribution is 2.19. The van der Waals surface area contributed by atoms with Crippen molar-refractivity contribution in [1.82, 2.24) is 10.6 Å². The number of isothiocyanates is 1. The summed E-state index contributed by atoms with van der Waals surface area (Å²) < 4.78 is 0. The molecule has 1 aromatic rings. The molecular weight excluding hydrogens is 386 g/mol. The van der Waals surface area contributed by atoms with Crippen molar-refractivity contribution in [3.05, 3.63) is 39.6 Å². The van der Waals surface area contributed by atoms with E-state index in [1.54, 1.807) is 0 Å². The van der Waals surface area contributed by atoms with Gasteiger partial charge in [0, 0.05) is 24.2 Å². The van der Waals surface area contributed by atoms with E-state index in [9.17, 15) is 9.81 Å². The van der Waals surface area contributed by atoms with Crippen LogP contribution < -0.4 is 10.6 Å². The first-order chi connectivity index (χ1) is 13.6. The third-order valence-electron chi connectivity index (χ3n) is 5.73. The molecule has 2 atom stereocenters. The van der Waals surface area contributed by atoms with E-state index >= 15 is 0 Å². The highest BCUT2D eigenvalue weighted by atomic mass is 32.1. The maximum Gasteiger partial charge on any atom is 0.107 e. The highest BCUT2D eigenvalue weighted by Gasteiger charge is 2.29. The first-order valence-corrected chi connectivity index (χ1v) is 10.3. The van der Waals surface area contributed by atoms with Crippen molar-refractivity contribution in [3.8, 4) is 0 Å². The fraction of sp³-hybridized carbons (Fsp3) is 0.667. The number of thiocarbonyl (C=S) groups is 1. The zero-order valence-corrected chi connectivity index (χ0v) is 19.0. The molecule has 8 heteroatoms. The Hall–Kier alpha value is -1.86. The number of hydrogen-bond acceptors (Lipinski definition) is 8. The second-order valence-corrected chi connectivity index (χ2v) is 8.89. The van der Waals surface area contributed by atoms with Gasteiger partial charge in [-0.1, -0.05) is 22.5 Å². The summed E-state index contributed by atoms with van der Waals surface area (Å²) >= 11 is 4.64. The molecule has 0 heterocycles. The molecule has 2 N–H and O–H groups in total. The van der Waals surface area contributed by atoms with Gasteiger partial charge >= 0.3 is 0 Å². The summed E-state index contributed by atoms with van der Waals surface area (Å²) in [6.07, 6.45) is 0.819. The van der Waals surface area contributed by atoms with Crippen molar-refractivity contribution >= 4 is 23.1 Å². The van der Waals surface area contributed by atoms with Crippen molar-refractivity contribution in [2.24, 2.45) is 21.3 Å². The molecule has 0 aromatic heterocycles. The van der Waals surface area contributed by atoms with Crippen molar-refractivity contribution in [2.45, 2.75) is 71.1 Å². The Kier molecular flexibility index (Phi) is 9.86. The smallest absolute Gasteiger partial charge is 0.107 e. The molecule has 0 aliphatic rings. The van der Waals surface area contributed by atoms with Crippen LogP contribution in [0.4, 0.5) is 5.69 Å². The topological polar surface area (TPSA) is 95.3 Å². The molecule has 29 heavy (non-hydrogen) atoms. The molecule has 0 saturated carbocycles. The van der Waals surface area contributed by atoms with Gasteiger partial charge in [-0.25, -0.2) is 0 Å². The zero-order valence-electron chi connectivity index (χ0n) is 18.2. The van der Waals surface area contributed by atoms with Crippen LogP contribution in [-0.2, 0) is 6.42 Å². The van der Waals surface area contributed by atoms with Crippen LogP contribution in [0.1, 0.15) is 47.1 Å².